The summed E-state index contributed by atoms with van der Waals surface area (Å²) in [6, 6.07) is 9.22. The van der Waals surface area contributed by atoms with Gasteiger partial charge in [0.2, 0.25) is 0 Å². The zero-order chi connectivity index (χ0) is 17.2. The molecule has 24 heavy (non-hydrogen) atoms. The molecule has 1 aliphatic carbocycles. The number of hydrogen-bond acceptors (Lipinski definition) is 3. The second-order valence-corrected chi connectivity index (χ2v) is 7.41. The molecule has 1 aromatic carbocycles. The van der Waals surface area contributed by atoms with Gasteiger partial charge in [0.15, 0.2) is 11.4 Å². The molecule has 3 rings (SSSR count). The van der Waals surface area contributed by atoms with Gasteiger partial charge in [-0.2, -0.15) is 0 Å². The van der Waals surface area contributed by atoms with Crippen molar-refractivity contribution in [2.24, 2.45) is 5.92 Å². The van der Waals surface area contributed by atoms with E-state index in [1.54, 1.807) is 0 Å². The monoisotopic (exact) mass is 328 g/mol. The van der Waals surface area contributed by atoms with Gasteiger partial charge in [0.25, 0.3) is 0 Å². The van der Waals surface area contributed by atoms with Crippen molar-refractivity contribution in [2.75, 3.05) is 20.6 Å². The van der Waals surface area contributed by atoms with Gasteiger partial charge in [0.05, 0.1) is 20.3 Å². The molecule has 0 radical (unpaired) electrons. The maximum atomic E-state index is 13.0. The van der Waals surface area contributed by atoms with E-state index < -0.39 is 11.6 Å². The fraction of sp³-hybridized carbons (Fsp3) is 0.450. The van der Waals surface area contributed by atoms with Crippen LogP contribution < -0.4 is 0 Å². The lowest BCUT2D eigenvalue weighted by atomic mass is 9.80. The number of nitrogens with zero attached hydrogens (tertiary/aromatic N) is 1. The summed E-state index contributed by atoms with van der Waals surface area (Å²) in [6.07, 6.45) is 9.52. The van der Waals surface area contributed by atoms with Crippen LogP contribution in [0, 0.1) is 5.92 Å². The first-order chi connectivity index (χ1) is 11.4. The Balaban J connectivity index is 1.87. The fourth-order valence-corrected chi connectivity index (χ4v) is 3.71. The van der Waals surface area contributed by atoms with E-state index >= 15 is 0 Å². The quantitative estimate of drug-likeness (QED) is 0.682. The van der Waals surface area contributed by atoms with Gasteiger partial charge in [0.1, 0.15) is 6.54 Å². The van der Waals surface area contributed by atoms with Crippen LogP contribution in [0.3, 0.4) is 0 Å². The van der Waals surface area contributed by atoms with Gasteiger partial charge in [-0.15, -0.1) is 0 Å². The number of carbonyl (C=O) groups excluding carboxylic acids is 1. The van der Waals surface area contributed by atoms with E-state index in [1.807, 2.05) is 62.8 Å². The number of rotatable bonds is 4. The van der Waals surface area contributed by atoms with Gasteiger partial charge in [-0.3, -0.25) is 4.48 Å². The van der Waals surface area contributed by atoms with Gasteiger partial charge in [-0.1, -0.05) is 43.2 Å². The summed E-state index contributed by atoms with van der Waals surface area (Å²) in [6.45, 7) is 0.595. The average Bonchev–Trinajstić information content (AvgIpc) is 3.09. The van der Waals surface area contributed by atoms with Gasteiger partial charge < -0.3 is 9.84 Å². The smallest absolute Gasteiger partial charge is 0.348 e. The molecule has 1 aliphatic heterocycles. The van der Waals surface area contributed by atoms with Crippen molar-refractivity contribution >= 4 is 5.97 Å². The third kappa shape index (κ3) is 3.30. The number of esters is 1. The van der Waals surface area contributed by atoms with Crippen molar-refractivity contribution in [3.63, 3.8) is 0 Å². The molecule has 1 aromatic rings. The van der Waals surface area contributed by atoms with Crippen LogP contribution in [0.5, 0.6) is 0 Å². The standard InChI is InChI=1S/C20H26NO3/c1-21(2)14-8-13-18(15-21)24-19(22)20(23,17-11-6-7-12-17)16-9-4-3-5-10-16/h3-5,8-10,13-14,17,23H,6-7,11-12,15H2,1-2H3/q+1. The molecule has 1 atom stereocenters. The van der Waals surface area contributed by atoms with Crippen molar-refractivity contribution in [2.45, 2.75) is 31.3 Å². The SMILES string of the molecule is C[N+]1(C)C=CC=C(OC(=O)C(O)(c2ccccc2)C2CCCC2)C1. The summed E-state index contributed by atoms with van der Waals surface area (Å²) >= 11 is 0. The van der Waals surface area contributed by atoms with Crippen molar-refractivity contribution in [3.05, 3.63) is 60.0 Å². The highest BCUT2D eigenvalue weighted by molar-refractivity contribution is 5.82. The van der Waals surface area contributed by atoms with E-state index in [4.69, 9.17) is 4.74 Å². The Morgan fingerprint density at radius 3 is 2.50 bits per heavy atom. The molecule has 0 spiro atoms. The van der Waals surface area contributed by atoms with Crippen LogP contribution in [0.2, 0.25) is 0 Å². The van der Waals surface area contributed by atoms with Crippen molar-refractivity contribution < 1.29 is 19.1 Å². The molecule has 1 N–H and O–H groups in total. The fourth-order valence-electron chi connectivity index (χ4n) is 3.71. The number of hydrogen-bond donors (Lipinski definition) is 1. The molecular formula is C20H26NO3+. The molecule has 4 heteroatoms. The Hall–Kier alpha value is -1.91. The summed E-state index contributed by atoms with van der Waals surface area (Å²) in [5.74, 6) is -0.0448. The van der Waals surface area contributed by atoms with Crippen LogP contribution in [0.1, 0.15) is 31.2 Å². The van der Waals surface area contributed by atoms with Crippen molar-refractivity contribution in [3.8, 4) is 0 Å². The summed E-state index contributed by atoms with van der Waals surface area (Å²) in [7, 11) is 4.08. The Bertz CT molecular complexity index is 657. The van der Waals surface area contributed by atoms with Gasteiger partial charge in [-0.25, -0.2) is 4.79 Å². The van der Waals surface area contributed by atoms with Crippen molar-refractivity contribution in [1.82, 2.24) is 0 Å². The second kappa shape index (κ2) is 6.54. The molecule has 2 aliphatic rings. The third-order valence-electron chi connectivity index (χ3n) is 5.03. The molecule has 128 valence electrons. The van der Waals surface area contributed by atoms with E-state index in [-0.39, 0.29) is 5.92 Å². The number of likely N-dealkylation sites (N-methyl/N-ethyl adjacent to an activating group) is 1. The zero-order valence-electron chi connectivity index (χ0n) is 14.4. The number of allylic oxidation sites excluding steroid dienone is 2. The second-order valence-electron chi connectivity index (χ2n) is 7.41. The van der Waals surface area contributed by atoms with E-state index in [0.717, 1.165) is 25.7 Å². The molecule has 1 heterocycles. The third-order valence-corrected chi connectivity index (χ3v) is 5.03. The molecule has 0 bridgehead atoms. The average molecular weight is 328 g/mol. The number of aliphatic hydroxyl groups is 1. The van der Waals surface area contributed by atoms with E-state index in [1.165, 1.54) is 0 Å². The highest BCUT2D eigenvalue weighted by Gasteiger charge is 2.48. The van der Waals surface area contributed by atoms with Gasteiger partial charge in [0, 0.05) is 5.92 Å². The molecule has 1 saturated carbocycles. The predicted molar refractivity (Wildman–Crippen MR) is 92.6 cm³/mol. The largest absolute Gasteiger partial charge is 0.423 e. The Kier molecular flexibility index (Phi) is 4.61. The number of quaternary nitrogens is 1. The molecule has 0 saturated heterocycles. The maximum absolute atomic E-state index is 13.0. The first kappa shape index (κ1) is 16.9. The highest BCUT2D eigenvalue weighted by Crippen LogP contribution is 2.41. The van der Waals surface area contributed by atoms with Crippen LogP contribution in [0.25, 0.3) is 0 Å². The molecule has 1 unspecified atom stereocenters. The minimum atomic E-state index is -1.57. The number of benzene rings is 1. The normalized spacial score (nSPS) is 22.7. The lowest BCUT2D eigenvalue weighted by Crippen LogP contribution is -2.45. The first-order valence-electron chi connectivity index (χ1n) is 8.63. The minimum absolute atomic E-state index is 0.0883. The van der Waals surface area contributed by atoms with E-state index in [0.29, 0.717) is 22.4 Å². The van der Waals surface area contributed by atoms with Crippen LogP contribution in [-0.2, 0) is 15.1 Å². The number of carbonyl (C=O) groups is 1. The Morgan fingerprint density at radius 2 is 1.88 bits per heavy atom. The van der Waals surface area contributed by atoms with Gasteiger partial charge in [-0.05, 0) is 30.6 Å². The first-order valence-corrected chi connectivity index (χ1v) is 8.63. The summed E-state index contributed by atoms with van der Waals surface area (Å²) < 4.78 is 6.28. The van der Waals surface area contributed by atoms with Crippen LogP contribution in [0.4, 0.5) is 0 Å². The van der Waals surface area contributed by atoms with Crippen LogP contribution in [0.15, 0.2) is 54.4 Å². The molecule has 4 nitrogen and oxygen atoms in total. The highest BCUT2D eigenvalue weighted by atomic mass is 16.6. The van der Waals surface area contributed by atoms with E-state index in [9.17, 15) is 9.90 Å². The molecule has 1 fully saturated rings. The maximum Gasteiger partial charge on any atom is 0.348 e. The zero-order valence-corrected chi connectivity index (χ0v) is 14.4. The van der Waals surface area contributed by atoms with Crippen LogP contribution in [-0.4, -0.2) is 36.2 Å². The predicted octanol–water partition coefficient (Wildman–Crippen LogP) is 3.10. The van der Waals surface area contributed by atoms with Crippen molar-refractivity contribution in [1.29, 1.82) is 0 Å². The van der Waals surface area contributed by atoms with Gasteiger partial charge >= 0.3 is 5.97 Å². The minimum Gasteiger partial charge on any atom is -0.423 e. The Morgan fingerprint density at radius 1 is 1.21 bits per heavy atom. The lowest BCUT2D eigenvalue weighted by Gasteiger charge is -2.34. The molecular weight excluding hydrogens is 302 g/mol. The summed E-state index contributed by atoms with van der Waals surface area (Å²) in [5.41, 5.74) is -0.945. The molecule has 0 amide bonds. The summed E-state index contributed by atoms with van der Waals surface area (Å²) in [4.78, 5) is 13.0. The summed E-state index contributed by atoms with van der Waals surface area (Å²) in [5, 5.41) is 11.4. The van der Waals surface area contributed by atoms with E-state index in [2.05, 4.69) is 0 Å². The lowest BCUT2D eigenvalue weighted by molar-refractivity contribution is -0.835. The topological polar surface area (TPSA) is 46.5 Å². The molecule has 0 aromatic heterocycles. The Labute approximate surface area is 143 Å². The number of ether oxygens (including phenoxy) is 1. The van der Waals surface area contributed by atoms with Crippen LogP contribution >= 0.6 is 0 Å².